The molecule has 0 fully saturated rings. The fourth-order valence-corrected chi connectivity index (χ4v) is 2.45. The summed E-state index contributed by atoms with van der Waals surface area (Å²) in [7, 11) is 3.04. The van der Waals surface area contributed by atoms with Crippen molar-refractivity contribution in [3.63, 3.8) is 0 Å². The average molecular weight is 323 g/mol. The maximum Gasteiger partial charge on any atom is 0.305 e. The zero-order valence-corrected chi connectivity index (χ0v) is 14.1. The number of carbonyl (C=O) groups excluding carboxylic acids is 1. The highest BCUT2D eigenvalue weighted by Crippen LogP contribution is 2.31. The molecular formula is C17H25NO5. The van der Waals surface area contributed by atoms with Crippen LogP contribution in [0.15, 0.2) is 18.2 Å². The van der Waals surface area contributed by atoms with Crippen molar-refractivity contribution in [2.24, 2.45) is 5.92 Å². The first-order valence-corrected chi connectivity index (χ1v) is 7.70. The molecule has 2 N–H and O–H groups in total. The van der Waals surface area contributed by atoms with Gasteiger partial charge in [-0.15, -0.1) is 0 Å². The van der Waals surface area contributed by atoms with Crippen molar-refractivity contribution in [2.45, 2.75) is 39.2 Å². The van der Waals surface area contributed by atoms with E-state index in [4.69, 9.17) is 14.6 Å². The molecule has 6 heteroatoms. The molecule has 0 aliphatic rings. The average Bonchev–Trinajstić information content (AvgIpc) is 2.54. The molecule has 23 heavy (non-hydrogen) atoms. The molecule has 0 heterocycles. The zero-order valence-electron chi connectivity index (χ0n) is 14.1. The predicted octanol–water partition coefficient (Wildman–Crippen LogP) is 2.77. The normalized spacial score (nSPS) is 11.9. The van der Waals surface area contributed by atoms with Gasteiger partial charge in [0.15, 0.2) is 11.5 Å². The molecule has 1 aromatic rings. The lowest BCUT2D eigenvalue weighted by Gasteiger charge is -2.21. The van der Waals surface area contributed by atoms with Crippen LogP contribution in [0.5, 0.6) is 11.5 Å². The first-order chi connectivity index (χ1) is 11.0. The minimum atomic E-state index is -0.977. The zero-order chi connectivity index (χ0) is 17.4. The number of carboxylic acid groups (broad SMARTS) is 1. The fourth-order valence-electron chi connectivity index (χ4n) is 2.45. The number of hydrogen-bond acceptors (Lipinski definition) is 4. The van der Waals surface area contributed by atoms with E-state index in [1.165, 1.54) is 14.2 Å². The summed E-state index contributed by atoms with van der Waals surface area (Å²) in [5, 5.41) is 12.0. The number of ether oxygens (including phenoxy) is 2. The molecule has 1 unspecified atom stereocenters. The van der Waals surface area contributed by atoms with E-state index in [1.807, 2.05) is 13.8 Å². The van der Waals surface area contributed by atoms with Crippen LogP contribution in [0.25, 0.3) is 0 Å². The predicted molar refractivity (Wildman–Crippen MR) is 86.8 cm³/mol. The third kappa shape index (κ3) is 5.16. The van der Waals surface area contributed by atoms with Crippen LogP contribution in [0.4, 0.5) is 0 Å². The van der Waals surface area contributed by atoms with Gasteiger partial charge in [-0.2, -0.15) is 0 Å². The Morgan fingerprint density at radius 2 is 1.74 bits per heavy atom. The molecule has 0 aliphatic heterocycles. The van der Waals surface area contributed by atoms with E-state index in [0.29, 0.717) is 29.9 Å². The van der Waals surface area contributed by atoms with Gasteiger partial charge >= 0.3 is 5.97 Å². The van der Waals surface area contributed by atoms with E-state index in [1.54, 1.807) is 18.2 Å². The monoisotopic (exact) mass is 323 g/mol. The second-order valence-corrected chi connectivity index (χ2v) is 5.29. The maximum atomic E-state index is 12.3. The van der Waals surface area contributed by atoms with Gasteiger partial charge in [-0.05, 0) is 30.5 Å². The fraction of sp³-hybridized carbons (Fsp3) is 0.529. The van der Waals surface area contributed by atoms with E-state index in [-0.39, 0.29) is 18.2 Å². The molecule has 0 bridgehead atoms. The lowest BCUT2D eigenvalue weighted by molar-refractivity contribution is -0.138. The topological polar surface area (TPSA) is 84.9 Å². The van der Waals surface area contributed by atoms with Crippen LogP contribution in [0.3, 0.4) is 0 Å². The smallest absolute Gasteiger partial charge is 0.305 e. The molecule has 1 atom stereocenters. The van der Waals surface area contributed by atoms with Gasteiger partial charge in [0.25, 0.3) is 0 Å². The summed E-state index contributed by atoms with van der Waals surface area (Å²) in [5.41, 5.74) is 0.671. The molecule has 0 spiro atoms. The van der Waals surface area contributed by atoms with Crippen molar-refractivity contribution in [2.75, 3.05) is 14.2 Å². The standard InChI is InChI=1S/C17H25NO5/c1-5-11(6-2)17(21)18-13(10-16(19)20)12-7-8-14(22-3)15(9-12)23-4/h7-9,11,13H,5-6,10H2,1-4H3,(H,18,21)(H,19,20). The number of aliphatic carboxylic acids is 1. The van der Waals surface area contributed by atoms with Crippen molar-refractivity contribution in [1.82, 2.24) is 5.32 Å². The summed E-state index contributed by atoms with van der Waals surface area (Å²) in [6.45, 7) is 3.88. The summed E-state index contributed by atoms with van der Waals surface area (Å²) < 4.78 is 10.4. The SMILES string of the molecule is CCC(CC)C(=O)NC(CC(=O)O)c1ccc(OC)c(OC)c1. The van der Waals surface area contributed by atoms with Gasteiger partial charge in [-0.3, -0.25) is 9.59 Å². The van der Waals surface area contributed by atoms with Crippen LogP contribution in [0.2, 0.25) is 0 Å². The van der Waals surface area contributed by atoms with Gasteiger partial charge in [0, 0.05) is 5.92 Å². The molecule has 1 amide bonds. The van der Waals surface area contributed by atoms with E-state index >= 15 is 0 Å². The molecule has 0 radical (unpaired) electrons. The Kier molecular flexibility index (Phi) is 7.38. The highest BCUT2D eigenvalue weighted by molar-refractivity contribution is 5.80. The summed E-state index contributed by atoms with van der Waals surface area (Å²) >= 11 is 0. The Hall–Kier alpha value is -2.24. The summed E-state index contributed by atoms with van der Waals surface area (Å²) in [4.78, 5) is 23.4. The Morgan fingerprint density at radius 3 is 2.22 bits per heavy atom. The minimum Gasteiger partial charge on any atom is -0.493 e. The molecular weight excluding hydrogens is 298 g/mol. The minimum absolute atomic E-state index is 0.119. The van der Waals surface area contributed by atoms with Crippen LogP contribution in [-0.4, -0.2) is 31.2 Å². The molecule has 0 saturated heterocycles. The van der Waals surface area contributed by atoms with Gasteiger partial charge < -0.3 is 19.9 Å². The number of rotatable bonds is 9. The van der Waals surface area contributed by atoms with Gasteiger partial charge in [0.2, 0.25) is 5.91 Å². The van der Waals surface area contributed by atoms with E-state index < -0.39 is 12.0 Å². The third-order valence-corrected chi connectivity index (χ3v) is 3.86. The summed E-state index contributed by atoms with van der Waals surface area (Å²) in [6, 6.07) is 4.52. The highest BCUT2D eigenvalue weighted by Gasteiger charge is 2.23. The van der Waals surface area contributed by atoms with E-state index in [2.05, 4.69) is 5.32 Å². The summed E-state index contributed by atoms with van der Waals surface area (Å²) in [6.07, 6.45) is 1.24. The number of carboxylic acids is 1. The number of methoxy groups -OCH3 is 2. The Balaban J connectivity index is 3.06. The molecule has 128 valence electrons. The van der Waals surface area contributed by atoms with Crippen molar-refractivity contribution in [1.29, 1.82) is 0 Å². The van der Waals surface area contributed by atoms with Gasteiger partial charge in [0.1, 0.15) is 0 Å². The number of nitrogens with one attached hydrogen (secondary N) is 1. The molecule has 0 aliphatic carbocycles. The number of hydrogen-bond donors (Lipinski definition) is 2. The summed E-state index contributed by atoms with van der Waals surface area (Å²) in [5.74, 6) is -0.175. The van der Waals surface area contributed by atoms with Crippen molar-refractivity contribution in [3.8, 4) is 11.5 Å². The molecule has 1 aromatic carbocycles. The highest BCUT2D eigenvalue weighted by atomic mass is 16.5. The van der Waals surface area contributed by atoms with Crippen LogP contribution in [0.1, 0.15) is 44.7 Å². The van der Waals surface area contributed by atoms with Crippen molar-refractivity contribution in [3.05, 3.63) is 23.8 Å². The molecule has 6 nitrogen and oxygen atoms in total. The maximum absolute atomic E-state index is 12.3. The quantitative estimate of drug-likeness (QED) is 0.730. The Labute approximate surface area is 136 Å². The van der Waals surface area contributed by atoms with Crippen molar-refractivity contribution >= 4 is 11.9 Å². The number of benzene rings is 1. The van der Waals surface area contributed by atoms with Crippen LogP contribution >= 0.6 is 0 Å². The van der Waals surface area contributed by atoms with Crippen LogP contribution in [-0.2, 0) is 9.59 Å². The second kappa shape index (κ2) is 9.02. The van der Waals surface area contributed by atoms with Gasteiger partial charge in [-0.25, -0.2) is 0 Å². The van der Waals surface area contributed by atoms with Crippen LogP contribution in [0, 0.1) is 5.92 Å². The number of amides is 1. The van der Waals surface area contributed by atoms with E-state index in [9.17, 15) is 9.59 Å². The lowest BCUT2D eigenvalue weighted by atomic mass is 9.99. The van der Waals surface area contributed by atoms with Gasteiger partial charge in [-0.1, -0.05) is 19.9 Å². The molecule has 0 aromatic heterocycles. The lowest BCUT2D eigenvalue weighted by Crippen LogP contribution is -2.34. The van der Waals surface area contributed by atoms with Crippen molar-refractivity contribution < 1.29 is 24.2 Å². The first kappa shape index (κ1) is 18.8. The first-order valence-electron chi connectivity index (χ1n) is 7.70. The molecule has 1 rings (SSSR count). The second-order valence-electron chi connectivity index (χ2n) is 5.29. The Morgan fingerprint density at radius 1 is 1.13 bits per heavy atom. The molecule has 0 saturated carbocycles. The largest absolute Gasteiger partial charge is 0.493 e. The van der Waals surface area contributed by atoms with E-state index in [0.717, 1.165) is 0 Å². The number of carbonyl (C=O) groups is 2. The Bertz CT molecular complexity index is 540. The third-order valence-electron chi connectivity index (χ3n) is 3.86. The van der Waals surface area contributed by atoms with Gasteiger partial charge in [0.05, 0.1) is 26.7 Å². The van der Waals surface area contributed by atoms with Crippen LogP contribution < -0.4 is 14.8 Å².